The number of hydrogen-bond donors (Lipinski definition) is 1. The van der Waals surface area contributed by atoms with Crippen LogP contribution in [-0.2, 0) is 5.41 Å². The smallest absolute Gasteiger partial charge is 0.0612 e. The largest absolute Gasteiger partial charge is 0.354 e. The van der Waals surface area contributed by atoms with Gasteiger partial charge in [-0.25, -0.2) is 0 Å². The van der Waals surface area contributed by atoms with E-state index in [2.05, 4.69) is 108 Å². The molecule has 4 aromatic rings. The van der Waals surface area contributed by atoms with Crippen molar-refractivity contribution in [1.82, 2.24) is 4.98 Å². The number of hydrogen-bond acceptors (Lipinski definition) is 0. The summed E-state index contributed by atoms with van der Waals surface area (Å²) in [7, 11) is 0. The van der Waals surface area contributed by atoms with Crippen LogP contribution in [0.3, 0.4) is 0 Å². The van der Waals surface area contributed by atoms with Gasteiger partial charge in [-0.15, -0.1) is 0 Å². The van der Waals surface area contributed by atoms with E-state index < -0.39 is 0 Å². The summed E-state index contributed by atoms with van der Waals surface area (Å²) in [5.74, 6) is 0.435. The van der Waals surface area contributed by atoms with Gasteiger partial charge < -0.3 is 4.98 Å². The van der Waals surface area contributed by atoms with E-state index in [9.17, 15) is 0 Å². The molecular formula is C27H22BrN. The number of aromatic nitrogens is 1. The molecule has 3 aromatic carbocycles. The molecule has 6 rings (SSSR count). The summed E-state index contributed by atoms with van der Waals surface area (Å²) in [5.41, 5.74) is 8.14. The molecule has 0 spiro atoms. The number of benzene rings is 3. The van der Waals surface area contributed by atoms with E-state index in [0.29, 0.717) is 5.92 Å². The van der Waals surface area contributed by atoms with Gasteiger partial charge in [-0.2, -0.15) is 0 Å². The minimum Gasteiger partial charge on any atom is -0.354 e. The topological polar surface area (TPSA) is 15.8 Å². The van der Waals surface area contributed by atoms with Gasteiger partial charge in [0.05, 0.1) is 5.52 Å². The molecule has 1 unspecified atom stereocenters. The average molecular weight is 440 g/mol. The van der Waals surface area contributed by atoms with Crippen molar-refractivity contribution in [2.75, 3.05) is 0 Å². The molecule has 142 valence electrons. The van der Waals surface area contributed by atoms with Crippen molar-refractivity contribution in [2.45, 2.75) is 31.6 Å². The third-order valence-electron chi connectivity index (χ3n) is 6.66. The number of halogens is 1. The lowest BCUT2D eigenvalue weighted by Crippen LogP contribution is -2.32. The van der Waals surface area contributed by atoms with Crippen LogP contribution < -0.4 is 10.6 Å². The highest BCUT2D eigenvalue weighted by atomic mass is 79.9. The minimum atomic E-state index is 0.0956. The zero-order valence-corrected chi connectivity index (χ0v) is 18.2. The van der Waals surface area contributed by atoms with Gasteiger partial charge in [0, 0.05) is 21.1 Å². The van der Waals surface area contributed by atoms with E-state index in [1.165, 1.54) is 53.8 Å². The molecule has 0 saturated carbocycles. The van der Waals surface area contributed by atoms with Gasteiger partial charge in [-0.1, -0.05) is 74.5 Å². The molecule has 1 nitrogen and oxygen atoms in total. The maximum atomic E-state index is 3.94. The zero-order chi connectivity index (χ0) is 19.8. The van der Waals surface area contributed by atoms with Crippen LogP contribution in [0.25, 0.3) is 34.2 Å². The minimum absolute atomic E-state index is 0.0956. The number of rotatable bonds is 1. The second-order valence-corrected chi connectivity index (χ2v) is 9.78. The van der Waals surface area contributed by atoms with Crippen molar-refractivity contribution in [3.05, 3.63) is 92.4 Å². The Morgan fingerprint density at radius 1 is 0.966 bits per heavy atom. The number of H-pyrrole nitrogens is 1. The molecule has 1 aromatic heterocycles. The first-order chi connectivity index (χ1) is 14.0. The van der Waals surface area contributed by atoms with Crippen molar-refractivity contribution in [1.29, 1.82) is 0 Å². The summed E-state index contributed by atoms with van der Waals surface area (Å²) in [6.07, 6.45) is 5.86. The molecule has 0 radical (unpaired) electrons. The first-order valence-corrected chi connectivity index (χ1v) is 11.0. The van der Waals surface area contributed by atoms with Crippen LogP contribution in [0.2, 0.25) is 0 Å². The highest BCUT2D eigenvalue weighted by molar-refractivity contribution is 9.10. The van der Waals surface area contributed by atoms with E-state index in [0.717, 1.165) is 6.42 Å². The summed E-state index contributed by atoms with van der Waals surface area (Å²) in [6.45, 7) is 4.78. The van der Waals surface area contributed by atoms with Crippen molar-refractivity contribution in [2.24, 2.45) is 0 Å². The number of aromatic amines is 1. The first-order valence-electron chi connectivity index (χ1n) is 10.3. The lowest BCUT2D eigenvalue weighted by atomic mass is 9.71. The van der Waals surface area contributed by atoms with Gasteiger partial charge >= 0.3 is 0 Å². The van der Waals surface area contributed by atoms with Crippen LogP contribution in [-0.4, -0.2) is 4.98 Å². The van der Waals surface area contributed by atoms with Gasteiger partial charge in [0.2, 0.25) is 0 Å². The normalized spacial score (nSPS) is 18.5. The Morgan fingerprint density at radius 2 is 1.72 bits per heavy atom. The van der Waals surface area contributed by atoms with Gasteiger partial charge in [0.1, 0.15) is 0 Å². The summed E-state index contributed by atoms with van der Waals surface area (Å²) in [4.78, 5) is 3.77. The Hall–Kier alpha value is -2.58. The molecule has 0 saturated heterocycles. The van der Waals surface area contributed by atoms with Crippen LogP contribution >= 0.6 is 15.9 Å². The number of fused-ring (bicyclic) bond motifs is 6. The Bertz CT molecular complexity index is 1410. The van der Waals surface area contributed by atoms with Gasteiger partial charge in [0.15, 0.2) is 0 Å². The van der Waals surface area contributed by atoms with E-state index in [-0.39, 0.29) is 5.41 Å². The van der Waals surface area contributed by atoms with Crippen LogP contribution in [0.15, 0.2) is 65.1 Å². The Kier molecular flexibility index (Phi) is 3.56. The number of nitrogens with one attached hydrogen (secondary N) is 1. The lowest BCUT2D eigenvalue weighted by Gasteiger charge is -2.32. The second-order valence-electron chi connectivity index (χ2n) is 8.99. The molecule has 2 heteroatoms. The van der Waals surface area contributed by atoms with Crippen LogP contribution in [0, 0.1) is 0 Å². The molecule has 2 aliphatic rings. The lowest BCUT2D eigenvalue weighted by molar-refractivity contribution is 0.453. The molecule has 1 heterocycles. The molecule has 0 bridgehead atoms. The van der Waals surface area contributed by atoms with E-state index in [4.69, 9.17) is 0 Å². The van der Waals surface area contributed by atoms with Crippen molar-refractivity contribution in [3.8, 4) is 11.1 Å². The predicted octanol–water partition coefficient (Wildman–Crippen LogP) is 5.99. The molecule has 0 amide bonds. The maximum absolute atomic E-state index is 3.94. The molecule has 2 aliphatic carbocycles. The third kappa shape index (κ3) is 2.45. The van der Waals surface area contributed by atoms with E-state index in [1.807, 2.05) is 0 Å². The first kappa shape index (κ1) is 17.3. The average Bonchev–Trinajstić information content (AvgIpc) is 3.28. The second kappa shape index (κ2) is 5.96. The van der Waals surface area contributed by atoms with Crippen LogP contribution in [0.5, 0.6) is 0 Å². The fraction of sp³-hybridized carbons (Fsp3) is 0.185. The maximum Gasteiger partial charge on any atom is 0.0612 e. The van der Waals surface area contributed by atoms with Crippen molar-refractivity contribution in [3.63, 3.8) is 0 Å². The van der Waals surface area contributed by atoms with Crippen molar-refractivity contribution >= 4 is 39.0 Å². The quantitative estimate of drug-likeness (QED) is 0.330. The van der Waals surface area contributed by atoms with E-state index in [1.54, 1.807) is 0 Å². The SMILES string of the molecule is CC1(C)CC(c2ccccc2)C=c2[nH]c3c(Br)c4c(cc3c21)-c1ccccc1C=4. The van der Waals surface area contributed by atoms with Gasteiger partial charge in [0.25, 0.3) is 0 Å². The summed E-state index contributed by atoms with van der Waals surface area (Å²) >= 11 is 3.94. The van der Waals surface area contributed by atoms with E-state index >= 15 is 0 Å². The predicted molar refractivity (Wildman–Crippen MR) is 126 cm³/mol. The van der Waals surface area contributed by atoms with Crippen LogP contribution in [0.1, 0.15) is 42.9 Å². The zero-order valence-electron chi connectivity index (χ0n) is 16.6. The van der Waals surface area contributed by atoms with Gasteiger partial charge in [-0.05, 0) is 72.9 Å². The Balaban J connectivity index is 1.66. The summed E-state index contributed by atoms with van der Waals surface area (Å²) < 4.78 is 1.18. The highest BCUT2D eigenvalue weighted by Crippen LogP contribution is 2.42. The third-order valence-corrected chi connectivity index (χ3v) is 7.48. The molecule has 1 N–H and O–H groups in total. The molecule has 29 heavy (non-hydrogen) atoms. The Labute approximate surface area is 178 Å². The fourth-order valence-corrected chi connectivity index (χ4v) is 6.04. The molecular weight excluding hydrogens is 418 g/mol. The molecule has 0 fully saturated rings. The van der Waals surface area contributed by atoms with Crippen molar-refractivity contribution < 1.29 is 0 Å². The molecule has 0 aliphatic heterocycles. The molecule has 1 atom stereocenters. The van der Waals surface area contributed by atoms with Crippen LogP contribution in [0.4, 0.5) is 0 Å². The fourth-order valence-electron chi connectivity index (χ4n) is 5.40. The monoisotopic (exact) mass is 439 g/mol. The highest BCUT2D eigenvalue weighted by Gasteiger charge is 2.33. The standard InChI is InChI=1S/C27H22BrN/c1-27(2)15-18(16-8-4-3-5-9-16)13-23-24(27)22-14-20-19-11-7-6-10-17(19)12-21(20)25(28)26(22)29-23/h3-14,18,29H,15H2,1-2H3. The summed E-state index contributed by atoms with van der Waals surface area (Å²) in [6, 6.07) is 22.0. The summed E-state index contributed by atoms with van der Waals surface area (Å²) in [5, 5.41) is 3.92. The van der Waals surface area contributed by atoms with Gasteiger partial charge in [-0.3, -0.25) is 0 Å². The Morgan fingerprint density at radius 3 is 2.55 bits per heavy atom.